The molecule has 10 nitrogen and oxygen atoms in total. The molecule has 0 aliphatic carbocycles. The van der Waals surface area contributed by atoms with E-state index in [0.717, 1.165) is 21.4 Å². The summed E-state index contributed by atoms with van der Waals surface area (Å²) in [5.41, 5.74) is 1.17. The number of benzene rings is 1. The molecule has 4 rings (SSSR count). The predicted octanol–water partition coefficient (Wildman–Crippen LogP) is 1.57. The van der Waals surface area contributed by atoms with Crippen molar-refractivity contribution in [1.82, 2.24) is 20.1 Å². The minimum absolute atomic E-state index is 0.0692. The minimum Gasteiger partial charge on any atom is -0.480 e. The monoisotopic (exact) mass is 470 g/mol. The summed E-state index contributed by atoms with van der Waals surface area (Å²) in [6, 6.07) is 4.34. The van der Waals surface area contributed by atoms with E-state index < -0.39 is 47.5 Å². The molecule has 0 unspecified atom stereocenters. The second-order valence-corrected chi connectivity index (χ2v) is 9.67. The number of aromatic amines is 1. The number of amides is 4. The third kappa shape index (κ3) is 3.53. The highest BCUT2D eigenvalue weighted by molar-refractivity contribution is 6.11. The number of aliphatic hydroxyl groups excluding tert-OH is 1. The van der Waals surface area contributed by atoms with Gasteiger partial charge in [-0.2, -0.15) is 0 Å². The largest absolute Gasteiger partial charge is 0.480 e. The van der Waals surface area contributed by atoms with Crippen LogP contribution in [0.25, 0.3) is 10.9 Å². The number of carboxylic acids is 1. The summed E-state index contributed by atoms with van der Waals surface area (Å²) >= 11 is 0. The van der Waals surface area contributed by atoms with E-state index in [-0.39, 0.29) is 12.3 Å². The van der Waals surface area contributed by atoms with Gasteiger partial charge < -0.3 is 25.4 Å². The number of para-hydroxylation sites is 1. The van der Waals surface area contributed by atoms with Gasteiger partial charge in [0.25, 0.3) is 5.91 Å². The Labute approximate surface area is 196 Å². The topological polar surface area (TPSA) is 143 Å². The van der Waals surface area contributed by atoms with Crippen molar-refractivity contribution in [1.29, 1.82) is 0 Å². The maximum Gasteiger partial charge on any atom is 0.328 e. The van der Waals surface area contributed by atoms with Gasteiger partial charge in [0.1, 0.15) is 6.04 Å². The first-order chi connectivity index (χ1) is 16.0. The van der Waals surface area contributed by atoms with E-state index in [2.05, 4.69) is 10.3 Å². The van der Waals surface area contributed by atoms with Gasteiger partial charge in [0.15, 0.2) is 11.6 Å². The molecule has 0 radical (unpaired) electrons. The molecule has 4 N–H and O–H groups in total. The number of rotatable bonds is 7. The third-order valence-corrected chi connectivity index (χ3v) is 6.85. The van der Waals surface area contributed by atoms with Crippen molar-refractivity contribution in [2.24, 2.45) is 5.92 Å². The molecule has 4 amide bonds. The Bertz CT molecular complexity index is 1170. The second kappa shape index (κ2) is 8.43. The number of H-pyrrole nitrogens is 1. The van der Waals surface area contributed by atoms with Crippen LogP contribution < -0.4 is 5.32 Å². The molecule has 2 aliphatic heterocycles. The SMILES string of the molecule is CC(C)C[C@@H](C(=O)N[C@@H](C(=O)O)[C@@H](C)O)N1C(=O)N2CCc3c([nH]c4ccccc34)[C@@]2(C)C1=O. The lowest BCUT2D eigenvalue weighted by Gasteiger charge is -2.36. The highest BCUT2D eigenvalue weighted by atomic mass is 16.4. The number of nitrogens with one attached hydrogen (secondary N) is 2. The van der Waals surface area contributed by atoms with Gasteiger partial charge in [0.2, 0.25) is 5.91 Å². The Hall–Kier alpha value is -3.40. The third-order valence-electron chi connectivity index (χ3n) is 6.85. The number of carbonyl (C=O) groups is 4. The highest BCUT2D eigenvalue weighted by Crippen LogP contribution is 2.44. The minimum atomic E-state index is -1.56. The molecule has 3 heterocycles. The van der Waals surface area contributed by atoms with Crippen LogP contribution in [0.3, 0.4) is 0 Å². The molecule has 2 aromatic rings. The maximum absolute atomic E-state index is 13.9. The number of fused-ring (bicyclic) bond motifs is 5. The van der Waals surface area contributed by atoms with Crippen molar-refractivity contribution in [2.45, 2.75) is 64.3 Å². The van der Waals surface area contributed by atoms with Crippen LogP contribution in [-0.2, 0) is 26.3 Å². The van der Waals surface area contributed by atoms with Gasteiger partial charge in [0, 0.05) is 17.4 Å². The van der Waals surface area contributed by atoms with Crippen LogP contribution in [-0.4, -0.2) is 73.5 Å². The number of hydrogen-bond donors (Lipinski definition) is 4. The Kier molecular flexibility index (Phi) is 5.89. The number of aliphatic carboxylic acids is 1. The van der Waals surface area contributed by atoms with Gasteiger partial charge >= 0.3 is 12.0 Å². The average molecular weight is 471 g/mol. The van der Waals surface area contributed by atoms with E-state index >= 15 is 0 Å². The molecule has 0 bridgehead atoms. The van der Waals surface area contributed by atoms with Crippen molar-refractivity contribution >= 4 is 34.7 Å². The normalized spacial score (nSPS) is 22.5. The number of imide groups is 1. The lowest BCUT2D eigenvalue weighted by molar-refractivity contribution is -0.146. The Balaban J connectivity index is 1.74. The average Bonchev–Trinajstić information content (AvgIpc) is 3.24. The molecule has 1 fully saturated rings. The molecule has 0 saturated carbocycles. The van der Waals surface area contributed by atoms with E-state index in [1.165, 1.54) is 11.8 Å². The summed E-state index contributed by atoms with van der Waals surface area (Å²) in [5, 5.41) is 22.5. The fourth-order valence-corrected chi connectivity index (χ4v) is 5.11. The number of aromatic nitrogens is 1. The van der Waals surface area contributed by atoms with Gasteiger partial charge in [-0.05, 0) is 44.2 Å². The molecule has 4 atom stereocenters. The summed E-state index contributed by atoms with van der Waals surface area (Å²) in [6.45, 7) is 6.94. The fourth-order valence-electron chi connectivity index (χ4n) is 5.11. The molecule has 1 aromatic carbocycles. The number of carboxylic acid groups (broad SMARTS) is 1. The van der Waals surface area contributed by atoms with Crippen molar-refractivity contribution in [2.75, 3.05) is 6.54 Å². The van der Waals surface area contributed by atoms with E-state index in [1.54, 1.807) is 6.92 Å². The van der Waals surface area contributed by atoms with Crippen LogP contribution in [0.15, 0.2) is 24.3 Å². The number of urea groups is 1. The molecule has 2 aliphatic rings. The quantitative estimate of drug-likeness (QED) is 0.453. The summed E-state index contributed by atoms with van der Waals surface area (Å²) in [5.74, 6) is -2.79. The number of aliphatic hydroxyl groups is 1. The zero-order chi connectivity index (χ0) is 24.9. The molecule has 1 aromatic heterocycles. The van der Waals surface area contributed by atoms with Crippen LogP contribution in [0.1, 0.15) is 45.4 Å². The number of nitrogens with zero attached hydrogens (tertiary/aromatic N) is 2. The zero-order valence-corrected chi connectivity index (χ0v) is 19.7. The van der Waals surface area contributed by atoms with E-state index in [0.29, 0.717) is 18.7 Å². The first kappa shape index (κ1) is 23.7. The highest BCUT2D eigenvalue weighted by Gasteiger charge is 2.60. The molecule has 0 spiro atoms. The second-order valence-electron chi connectivity index (χ2n) is 9.67. The van der Waals surface area contributed by atoms with Crippen molar-refractivity contribution in [3.63, 3.8) is 0 Å². The molecule has 182 valence electrons. The van der Waals surface area contributed by atoms with Crippen LogP contribution in [0, 0.1) is 5.92 Å². The van der Waals surface area contributed by atoms with E-state index in [1.807, 2.05) is 38.1 Å². The smallest absolute Gasteiger partial charge is 0.328 e. The molecule has 10 heteroatoms. The molecule has 34 heavy (non-hydrogen) atoms. The van der Waals surface area contributed by atoms with Gasteiger partial charge in [-0.1, -0.05) is 32.0 Å². The van der Waals surface area contributed by atoms with Crippen LogP contribution in [0.4, 0.5) is 4.79 Å². The molecular formula is C24H30N4O6. The Morgan fingerprint density at radius 2 is 1.88 bits per heavy atom. The summed E-state index contributed by atoms with van der Waals surface area (Å²) < 4.78 is 0. The Morgan fingerprint density at radius 3 is 2.50 bits per heavy atom. The van der Waals surface area contributed by atoms with Gasteiger partial charge in [-0.3, -0.25) is 9.59 Å². The first-order valence-electron chi connectivity index (χ1n) is 11.4. The zero-order valence-electron chi connectivity index (χ0n) is 19.7. The molecule has 1 saturated heterocycles. The van der Waals surface area contributed by atoms with Crippen molar-refractivity contribution in [3.05, 3.63) is 35.5 Å². The fraction of sp³-hybridized carbons (Fsp3) is 0.500. The predicted molar refractivity (Wildman–Crippen MR) is 123 cm³/mol. The van der Waals surface area contributed by atoms with Crippen LogP contribution in [0.5, 0.6) is 0 Å². The van der Waals surface area contributed by atoms with Gasteiger partial charge in [0.05, 0.1) is 11.8 Å². The first-order valence-corrected chi connectivity index (χ1v) is 11.4. The summed E-state index contributed by atoms with van der Waals surface area (Å²) in [7, 11) is 0. The van der Waals surface area contributed by atoms with Crippen molar-refractivity contribution in [3.8, 4) is 0 Å². The van der Waals surface area contributed by atoms with Crippen molar-refractivity contribution < 1.29 is 29.4 Å². The molecular weight excluding hydrogens is 440 g/mol. The van der Waals surface area contributed by atoms with Crippen LogP contribution >= 0.6 is 0 Å². The summed E-state index contributed by atoms with van der Waals surface area (Å²) in [4.78, 5) is 57.9. The lowest BCUT2D eigenvalue weighted by atomic mass is 9.86. The summed E-state index contributed by atoms with van der Waals surface area (Å²) in [6.07, 6.45) is -0.644. The van der Waals surface area contributed by atoms with Gasteiger partial charge in [-0.25, -0.2) is 14.5 Å². The standard InChI is InChI=1S/C24H30N4O6/c1-12(2)11-17(20(30)26-18(13(3)29)21(31)32)28-22(33)24(4)19-15(9-10-27(24)23(28)34)14-7-5-6-8-16(14)25-19/h5-8,12-13,17-18,25,29H,9-11H2,1-4H3,(H,26,30)(H,31,32)/t13-,17+,18-,24+/m1/s1. The van der Waals surface area contributed by atoms with Crippen LogP contribution in [0.2, 0.25) is 0 Å². The number of hydrogen-bond acceptors (Lipinski definition) is 5. The Morgan fingerprint density at radius 1 is 1.21 bits per heavy atom. The van der Waals surface area contributed by atoms with E-state index in [9.17, 15) is 29.4 Å². The van der Waals surface area contributed by atoms with E-state index in [4.69, 9.17) is 0 Å². The lowest BCUT2D eigenvalue weighted by Crippen LogP contribution is -2.56. The number of carbonyl (C=O) groups excluding carboxylic acids is 3. The maximum atomic E-state index is 13.9. The van der Waals surface area contributed by atoms with Gasteiger partial charge in [-0.15, -0.1) is 0 Å².